The minimum Gasteiger partial charge on any atom is -0.352 e. The molecule has 6 heteroatoms. The summed E-state index contributed by atoms with van der Waals surface area (Å²) < 4.78 is 13.7. The monoisotopic (exact) mass is 340 g/mol. The fourth-order valence-corrected chi connectivity index (χ4v) is 2.70. The lowest BCUT2D eigenvalue weighted by Crippen LogP contribution is -2.34. The minimum atomic E-state index is -0.720. The molecule has 0 bridgehead atoms. The molecule has 1 heterocycles. The van der Waals surface area contributed by atoms with Crippen LogP contribution in [0.4, 0.5) is 4.39 Å². The number of rotatable bonds is 5. The molecule has 0 radical (unpaired) electrons. The molecule has 0 fully saturated rings. The van der Waals surface area contributed by atoms with Crippen LogP contribution in [0.3, 0.4) is 0 Å². The first-order chi connectivity index (χ1) is 12.0. The summed E-state index contributed by atoms with van der Waals surface area (Å²) in [7, 11) is 0. The van der Waals surface area contributed by atoms with Gasteiger partial charge in [-0.1, -0.05) is 35.9 Å². The van der Waals surface area contributed by atoms with Crippen LogP contribution >= 0.6 is 0 Å². The number of amides is 3. The van der Waals surface area contributed by atoms with Gasteiger partial charge < -0.3 is 5.32 Å². The topological polar surface area (TPSA) is 66.5 Å². The van der Waals surface area contributed by atoms with Gasteiger partial charge in [-0.15, -0.1) is 0 Å². The maximum Gasteiger partial charge on any atom is 0.264 e. The standard InChI is InChI=1S/C19H17FN2O3/c1-12-5-7-13(8-6-12)11-21-16(23)9-10-22-18(24)14-3-2-4-15(20)17(14)19(22)25/h2-8H,9-11H2,1H3,(H,21,23). The summed E-state index contributed by atoms with van der Waals surface area (Å²) >= 11 is 0. The number of imide groups is 1. The van der Waals surface area contributed by atoms with Gasteiger partial charge in [-0.25, -0.2) is 4.39 Å². The van der Waals surface area contributed by atoms with E-state index >= 15 is 0 Å². The van der Waals surface area contributed by atoms with Gasteiger partial charge in [0.1, 0.15) is 5.82 Å². The van der Waals surface area contributed by atoms with Crippen LogP contribution in [0, 0.1) is 12.7 Å². The van der Waals surface area contributed by atoms with Crippen molar-refractivity contribution in [1.29, 1.82) is 0 Å². The van der Waals surface area contributed by atoms with E-state index in [4.69, 9.17) is 0 Å². The number of halogens is 1. The molecule has 0 saturated heterocycles. The van der Waals surface area contributed by atoms with E-state index in [0.29, 0.717) is 6.54 Å². The van der Waals surface area contributed by atoms with Crippen LogP contribution < -0.4 is 5.32 Å². The average molecular weight is 340 g/mol. The molecule has 0 saturated carbocycles. The second-order valence-corrected chi connectivity index (χ2v) is 5.94. The lowest BCUT2D eigenvalue weighted by atomic mass is 10.1. The maximum absolute atomic E-state index is 13.7. The Kier molecular flexibility index (Phi) is 4.61. The van der Waals surface area contributed by atoms with Gasteiger partial charge in [0.05, 0.1) is 11.1 Å². The van der Waals surface area contributed by atoms with Gasteiger partial charge in [0.25, 0.3) is 11.8 Å². The third-order valence-corrected chi connectivity index (χ3v) is 4.12. The Labute approximate surface area is 144 Å². The highest BCUT2D eigenvalue weighted by Crippen LogP contribution is 2.25. The molecule has 25 heavy (non-hydrogen) atoms. The molecule has 2 aromatic rings. The van der Waals surface area contributed by atoms with Crippen molar-refractivity contribution in [3.05, 3.63) is 70.5 Å². The second-order valence-electron chi connectivity index (χ2n) is 5.94. The molecule has 5 nitrogen and oxygen atoms in total. The third-order valence-electron chi connectivity index (χ3n) is 4.12. The van der Waals surface area contributed by atoms with Crippen LogP contribution in [0.25, 0.3) is 0 Å². The summed E-state index contributed by atoms with van der Waals surface area (Å²) in [6.45, 7) is 2.27. The molecular formula is C19H17FN2O3. The highest BCUT2D eigenvalue weighted by Gasteiger charge is 2.37. The molecule has 0 atom stereocenters. The Morgan fingerprint density at radius 2 is 1.80 bits per heavy atom. The van der Waals surface area contributed by atoms with E-state index < -0.39 is 17.6 Å². The number of nitrogens with zero attached hydrogens (tertiary/aromatic N) is 1. The molecule has 0 unspecified atom stereocenters. The molecule has 0 spiro atoms. The lowest BCUT2D eigenvalue weighted by molar-refractivity contribution is -0.121. The van der Waals surface area contributed by atoms with Gasteiger partial charge in [-0.3, -0.25) is 19.3 Å². The first kappa shape index (κ1) is 16.8. The smallest absolute Gasteiger partial charge is 0.264 e. The van der Waals surface area contributed by atoms with Crippen LogP contribution in [-0.2, 0) is 11.3 Å². The molecule has 3 amide bonds. The molecule has 1 aliphatic rings. The Balaban J connectivity index is 1.56. The number of carbonyl (C=O) groups is 3. The second kappa shape index (κ2) is 6.84. The average Bonchev–Trinajstić information content (AvgIpc) is 2.84. The zero-order valence-corrected chi connectivity index (χ0v) is 13.7. The zero-order chi connectivity index (χ0) is 18.0. The number of hydrogen-bond acceptors (Lipinski definition) is 3. The maximum atomic E-state index is 13.7. The van der Waals surface area contributed by atoms with Crippen molar-refractivity contribution in [2.75, 3.05) is 6.54 Å². The SMILES string of the molecule is Cc1ccc(CNC(=O)CCN2C(=O)c3cccc(F)c3C2=O)cc1. The number of benzene rings is 2. The molecule has 1 N–H and O–H groups in total. The van der Waals surface area contributed by atoms with Crippen LogP contribution in [0.15, 0.2) is 42.5 Å². The Bertz CT molecular complexity index is 846. The van der Waals surface area contributed by atoms with Crippen LogP contribution in [-0.4, -0.2) is 29.2 Å². The summed E-state index contributed by atoms with van der Waals surface area (Å²) in [5.41, 5.74) is 1.92. The predicted octanol–water partition coefficient (Wildman–Crippen LogP) is 2.44. The summed E-state index contributed by atoms with van der Waals surface area (Å²) in [5.74, 6) is -2.25. The largest absolute Gasteiger partial charge is 0.352 e. The minimum absolute atomic E-state index is 0.0288. The molecule has 128 valence electrons. The van der Waals surface area contributed by atoms with E-state index in [1.165, 1.54) is 12.1 Å². The number of fused-ring (bicyclic) bond motifs is 1. The fraction of sp³-hybridized carbons (Fsp3) is 0.211. The Hall–Kier alpha value is -3.02. The molecular weight excluding hydrogens is 323 g/mol. The highest BCUT2D eigenvalue weighted by molar-refractivity contribution is 6.21. The highest BCUT2D eigenvalue weighted by atomic mass is 19.1. The van der Waals surface area contributed by atoms with Crippen LogP contribution in [0.1, 0.15) is 38.3 Å². The van der Waals surface area contributed by atoms with Crippen molar-refractivity contribution in [3.8, 4) is 0 Å². The quantitative estimate of drug-likeness (QED) is 0.850. The van der Waals surface area contributed by atoms with Crippen LogP contribution in [0.2, 0.25) is 0 Å². The normalized spacial score (nSPS) is 13.1. The van der Waals surface area contributed by atoms with Gasteiger partial charge >= 0.3 is 0 Å². The number of carbonyl (C=O) groups excluding carboxylic acids is 3. The van der Waals surface area contributed by atoms with Gasteiger partial charge in [0, 0.05) is 19.5 Å². The Morgan fingerprint density at radius 3 is 2.48 bits per heavy atom. The van der Waals surface area contributed by atoms with Crippen molar-refractivity contribution in [1.82, 2.24) is 10.2 Å². The number of aryl methyl sites for hydroxylation is 1. The van der Waals surface area contributed by atoms with Gasteiger partial charge in [-0.2, -0.15) is 0 Å². The number of nitrogens with one attached hydrogen (secondary N) is 1. The van der Waals surface area contributed by atoms with E-state index in [9.17, 15) is 18.8 Å². The summed E-state index contributed by atoms with van der Waals surface area (Å²) in [4.78, 5) is 37.2. The summed E-state index contributed by atoms with van der Waals surface area (Å²) in [5, 5.41) is 2.74. The van der Waals surface area contributed by atoms with Gasteiger partial charge in [0.2, 0.25) is 5.91 Å². The summed E-state index contributed by atoms with van der Waals surface area (Å²) in [6.07, 6.45) is -0.0288. The van der Waals surface area contributed by atoms with E-state index in [0.717, 1.165) is 22.1 Å². The van der Waals surface area contributed by atoms with Crippen molar-refractivity contribution in [3.63, 3.8) is 0 Å². The predicted molar refractivity (Wildman–Crippen MR) is 89.4 cm³/mol. The lowest BCUT2D eigenvalue weighted by Gasteiger charge is -2.13. The molecule has 0 aliphatic carbocycles. The van der Waals surface area contributed by atoms with Crippen molar-refractivity contribution in [2.24, 2.45) is 0 Å². The van der Waals surface area contributed by atoms with Crippen molar-refractivity contribution in [2.45, 2.75) is 19.9 Å². The molecule has 0 aromatic heterocycles. The Morgan fingerprint density at radius 1 is 1.08 bits per heavy atom. The zero-order valence-electron chi connectivity index (χ0n) is 13.7. The van der Waals surface area contributed by atoms with E-state index in [1.807, 2.05) is 31.2 Å². The first-order valence-corrected chi connectivity index (χ1v) is 7.94. The van der Waals surface area contributed by atoms with E-state index in [2.05, 4.69) is 5.32 Å². The number of hydrogen-bond donors (Lipinski definition) is 1. The molecule has 3 rings (SSSR count). The van der Waals surface area contributed by atoms with E-state index in [1.54, 1.807) is 0 Å². The van der Waals surface area contributed by atoms with E-state index in [-0.39, 0.29) is 30.0 Å². The third kappa shape index (κ3) is 3.42. The van der Waals surface area contributed by atoms with Crippen molar-refractivity contribution >= 4 is 17.7 Å². The van der Waals surface area contributed by atoms with Gasteiger partial charge in [0.15, 0.2) is 0 Å². The fourth-order valence-electron chi connectivity index (χ4n) is 2.70. The van der Waals surface area contributed by atoms with Gasteiger partial charge in [-0.05, 0) is 24.6 Å². The van der Waals surface area contributed by atoms with Crippen molar-refractivity contribution < 1.29 is 18.8 Å². The summed E-state index contributed by atoms with van der Waals surface area (Å²) in [6, 6.07) is 11.7. The molecule has 1 aliphatic heterocycles. The van der Waals surface area contributed by atoms with Crippen LogP contribution in [0.5, 0.6) is 0 Å². The molecule has 2 aromatic carbocycles. The first-order valence-electron chi connectivity index (χ1n) is 7.94.